The van der Waals surface area contributed by atoms with E-state index in [1.165, 1.54) is 18.7 Å². The maximum atomic E-state index is 12.6. The number of hydrogen-bond donors (Lipinski definition) is 2. The monoisotopic (exact) mass is 392 g/mol. The van der Waals surface area contributed by atoms with E-state index in [9.17, 15) is 22.8 Å². The molecule has 1 heterocycles. The number of amides is 2. The maximum absolute atomic E-state index is 12.6. The number of benzene rings is 1. The summed E-state index contributed by atoms with van der Waals surface area (Å²) < 4.78 is 42.7. The number of rotatable bonds is 5. The number of ether oxygens (including phenoxy) is 1. The summed E-state index contributed by atoms with van der Waals surface area (Å²) in [5.74, 6) is -1.88. The summed E-state index contributed by atoms with van der Waals surface area (Å²) in [5.41, 5.74) is -0.354. The summed E-state index contributed by atoms with van der Waals surface area (Å²) in [4.78, 5) is 23.4. The first-order chi connectivity index (χ1) is 12.1. The number of tetrazole rings is 1. The molecular weight excluding hydrogens is 381 g/mol. The zero-order valence-corrected chi connectivity index (χ0v) is 14.1. The average molecular weight is 393 g/mol. The van der Waals surface area contributed by atoms with Crippen LogP contribution in [-0.2, 0) is 18.4 Å². The second kappa shape index (κ2) is 7.56. The lowest BCUT2D eigenvalue weighted by molar-refractivity contribution is -0.274. The molecule has 13 heteroatoms. The molecule has 0 aliphatic rings. The first-order valence-corrected chi connectivity index (χ1v) is 7.31. The summed E-state index contributed by atoms with van der Waals surface area (Å²) in [6.07, 6.45) is -4.97. The molecule has 0 spiro atoms. The van der Waals surface area contributed by atoms with Crippen molar-refractivity contribution in [2.24, 2.45) is 7.05 Å². The van der Waals surface area contributed by atoms with Crippen LogP contribution >= 0.6 is 11.6 Å². The van der Waals surface area contributed by atoms with Gasteiger partial charge in [0.15, 0.2) is 0 Å². The Hall–Kier alpha value is -2.89. The van der Waals surface area contributed by atoms with Crippen LogP contribution in [0.15, 0.2) is 12.1 Å². The smallest absolute Gasteiger partial charge is 0.405 e. The van der Waals surface area contributed by atoms with E-state index < -0.39 is 23.9 Å². The fourth-order valence-corrected chi connectivity index (χ4v) is 2.19. The highest BCUT2D eigenvalue weighted by molar-refractivity contribution is 6.35. The standard InChI is InChI=1S/C13H12ClF3N6O3/c1-6(24)18-5-8-9(26-13(15,16)17)4-3-7(10(8)14)11(25)19-12-20-21-22-23(12)2/h3-4H,5H2,1-2H3,(H,18,24)(H,19,20,22,25). The van der Waals surface area contributed by atoms with Crippen LogP contribution in [0.2, 0.25) is 5.02 Å². The Labute approximate surface area is 149 Å². The second-order valence-corrected chi connectivity index (χ2v) is 5.32. The molecule has 0 aliphatic carbocycles. The minimum absolute atomic E-state index is 0.00472. The molecule has 0 fully saturated rings. The Bertz CT molecular complexity index is 839. The van der Waals surface area contributed by atoms with E-state index >= 15 is 0 Å². The van der Waals surface area contributed by atoms with Gasteiger partial charge in [0, 0.05) is 26.1 Å². The van der Waals surface area contributed by atoms with Gasteiger partial charge in [0.1, 0.15) is 5.75 Å². The molecule has 26 heavy (non-hydrogen) atoms. The summed E-state index contributed by atoms with van der Waals surface area (Å²) >= 11 is 6.08. The summed E-state index contributed by atoms with van der Waals surface area (Å²) in [6, 6.07) is 1.99. The van der Waals surface area contributed by atoms with Crippen molar-refractivity contribution in [2.75, 3.05) is 5.32 Å². The Balaban J connectivity index is 2.38. The molecule has 140 valence electrons. The number of hydrogen-bond acceptors (Lipinski definition) is 6. The molecule has 2 aromatic rings. The molecule has 0 bridgehead atoms. The SMILES string of the molecule is CC(=O)NCc1c(OC(F)(F)F)ccc(C(=O)Nc2nnnn2C)c1Cl. The van der Waals surface area contributed by atoms with E-state index in [4.69, 9.17) is 11.6 Å². The fraction of sp³-hybridized carbons (Fsp3) is 0.308. The number of carbonyl (C=O) groups is 2. The third-order valence-electron chi connectivity index (χ3n) is 3.03. The van der Waals surface area contributed by atoms with E-state index in [2.05, 4.69) is 30.9 Å². The largest absolute Gasteiger partial charge is 0.573 e. The number of nitrogens with one attached hydrogen (secondary N) is 2. The van der Waals surface area contributed by atoms with Gasteiger partial charge < -0.3 is 10.1 Å². The Morgan fingerprint density at radius 2 is 2.04 bits per heavy atom. The number of nitrogens with zero attached hydrogens (tertiary/aromatic N) is 4. The van der Waals surface area contributed by atoms with Crippen molar-refractivity contribution in [3.63, 3.8) is 0 Å². The summed E-state index contributed by atoms with van der Waals surface area (Å²) in [7, 11) is 1.47. The molecule has 0 saturated carbocycles. The van der Waals surface area contributed by atoms with Gasteiger partial charge in [0.25, 0.3) is 5.91 Å². The van der Waals surface area contributed by atoms with Crippen LogP contribution in [0, 0.1) is 0 Å². The highest BCUT2D eigenvalue weighted by atomic mass is 35.5. The molecule has 1 aromatic heterocycles. The van der Waals surface area contributed by atoms with Crippen molar-refractivity contribution in [1.29, 1.82) is 0 Å². The second-order valence-electron chi connectivity index (χ2n) is 4.94. The van der Waals surface area contributed by atoms with Crippen LogP contribution in [0.1, 0.15) is 22.8 Å². The summed E-state index contributed by atoms with van der Waals surface area (Å²) in [6.45, 7) is 0.808. The topological polar surface area (TPSA) is 111 Å². The van der Waals surface area contributed by atoms with E-state index in [0.717, 1.165) is 12.1 Å². The molecule has 2 N–H and O–H groups in total. The predicted molar refractivity (Wildman–Crippen MR) is 82.4 cm³/mol. The lowest BCUT2D eigenvalue weighted by atomic mass is 10.1. The van der Waals surface area contributed by atoms with E-state index in [-0.39, 0.29) is 28.6 Å². The van der Waals surface area contributed by atoms with Crippen molar-refractivity contribution in [3.8, 4) is 5.75 Å². The molecular formula is C13H12ClF3N6O3. The molecule has 2 rings (SSSR count). The minimum atomic E-state index is -4.97. The maximum Gasteiger partial charge on any atom is 0.573 e. The first-order valence-electron chi connectivity index (χ1n) is 6.93. The Kier molecular flexibility index (Phi) is 5.65. The van der Waals surface area contributed by atoms with Gasteiger partial charge in [-0.2, -0.15) is 0 Å². The van der Waals surface area contributed by atoms with Crippen LogP contribution in [0.4, 0.5) is 19.1 Å². The van der Waals surface area contributed by atoms with Crippen molar-refractivity contribution in [1.82, 2.24) is 25.5 Å². The zero-order chi connectivity index (χ0) is 19.5. The molecule has 0 radical (unpaired) electrons. The lowest BCUT2D eigenvalue weighted by Crippen LogP contribution is -2.23. The van der Waals surface area contributed by atoms with Crippen molar-refractivity contribution < 1.29 is 27.5 Å². The first kappa shape index (κ1) is 19.4. The van der Waals surface area contributed by atoms with Gasteiger partial charge in [-0.25, -0.2) is 4.68 Å². The van der Waals surface area contributed by atoms with Crippen molar-refractivity contribution >= 4 is 29.4 Å². The van der Waals surface area contributed by atoms with E-state index in [1.807, 2.05) is 0 Å². The fourth-order valence-electron chi connectivity index (χ4n) is 1.88. The van der Waals surface area contributed by atoms with Gasteiger partial charge in [-0.3, -0.25) is 14.9 Å². The quantitative estimate of drug-likeness (QED) is 0.800. The van der Waals surface area contributed by atoms with Gasteiger partial charge in [0.05, 0.1) is 10.6 Å². The van der Waals surface area contributed by atoms with Crippen LogP contribution in [0.3, 0.4) is 0 Å². The Morgan fingerprint density at radius 3 is 2.58 bits per heavy atom. The normalized spacial score (nSPS) is 11.2. The number of carbonyl (C=O) groups excluding carboxylic acids is 2. The highest BCUT2D eigenvalue weighted by Crippen LogP contribution is 2.33. The van der Waals surface area contributed by atoms with Crippen molar-refractivity contribution in [3.05, 3.63) is 28.3 Å². The van der Waals surface area contributed by atoms with Gasteiger partial charge in [-0.05, 0) is 22.6 Å². The average Bonchev–Trinajstić information content (AvgIpc) is 2.90. The van der Waals surface area contributed by atoms with Gasteiger partial charge >= 0.3 is 6.36 Å². The number of anilines is 1. The summed E-state index contributed by atoms with van der Waals surface area (Å²) in [5, 5.41) is 14.8. The van der Waals surface area contributed by atoms with Crippen LogP contribution in [-0.4, -0.2) is 38.4 Å². The number of halogens is 4. The van der Waals surface area contributed by atoms with Gasteiger partial charge in [-0.15, -0.1) is 13.2 Å². The van der Waals surface area contributed by atoms with Crippen LogP contribution < -0.4 is 15.4 Å². The van der Waals surface area contributed by atoms with E-state index in [1.54, 1.807) is 0 Å². The molecule has 2 amide bonds. The molecule has 0 unspecified atom stereocenters. The number of alkyl halides is 3. The predicted octanol–water partition coefficient (Wildman–Crippen LogP) is 1.65. The lowest BCUT2D eigenvalue weighted by Gasteiger charge is -2.16. The third kappa shape index (κ3) is 4.81. The minimum Gasteiger partial charge on any atom is -0.405 e. The highest BCUT2D eigenvalue weighted by Gasteiger charge is 2.33. The van der Waals surface area contributed by atoms with Gasteiger partial charge in [0.2, 0.25) is 11.9 Å². The van der Waals surface area contributed by atoms with Gasteiger partial charge in [-0.1, -0.05) is 16.7 Å². The number of aromatic nitrogens is 4. The molecule has 9 nitrogen and oxygen atoms in total. The third-order valence-corrected chi connectivity index (χ3v) is 3.46. The van der Waals surface area contributed by atoms with E-state index in [0.29, 0.717) is 0 Å². The van der Waals surface area contributed by atoms with Crippen LogP contribution in [0.25, 0.3) is 0 Å². The molecule has 0 atom stereocenters. The molecule has 0 aliphatic heterocycles. The molecule has 0 saturated heterocycles. The number of aryl methyl sites for hydroxylation is 1. The van der Waals surface area contributed by atoms with Crippen molar-refractivity contribution in [2.45, 2.75) is 19.8 Å². The van der Waals surface area contributed by atoms with Crippen LogP contribution in [0.5, 0.6) is 5.75 Å². The zero-order valence-electron chi connectivity index (χ0n) is 13.4. The molecule has 1 aromatic carbocycles. The Morgan fingerprint density at radius 1 is 1.35 bits per heavy atom.